The summed E-state index contributed by atoms with van der Waals surface area (Å²) >= 11 is 0. The Labute approximate surface area is 118 Å². The molecule has 20 heavy (non-hydrogen) atoms. The largest absolute Gasteiger partial charge is 0.374 e. The van der Waals surface area contributed by atoms with E-state index in [0.717, 1.165) is 36.5 Å². The van der Waals surface area contributed by atoms with Gasteiger partial charge in [-0.05, 0) is 36.6 Å². The minimum Gasteiger partial charge on any atom is -0.374 e. The third-order valence-electron chi connectivity index (χ3n) is 3.75. The van der Waals surface area contributed by atoms with Crippen molar-refractivity contribution in [1.29, 1.82) is 0 Å². The van der Waals surface area contributed by atoms with E-state index in [1.807, 2.05) is 6.07 Å². The lowest BCUT2D eigenvalue weighted by Gasteiger charge is -2.12. The van der Waals surface area contributed by atoms with Crippen LogP contribution in [0.2, 0.25) is 0 Å². The quantitative estimate of drug-likeness (QED) is 0.659. The minimum atomic E-state index is 0.657. The molecule has 1 aliphatic heterocycles. The van der Waals surface area contributed by atoms with E-state index < -0.39 is 0 Å². The van der Waals surface area contributed by atoms with Crippen LogP contribution in [0.4, 0.5) is 11.5 Å². The molecule has 0 aliphatic carbocycles. The molecule has 1 aliphatic rings. The van der Waals surface area contributed by atoms with Crippen LogP contribution in [-0.4, -0.2) is 23.6 Å². The first-order chi connectivity index (χ1) is 9.71. The third kappa shape index (κ3) is 2.20. The third-order valence-corrected chi connectivity index (χ3v) is 3.75. The highest BCUT2D eigenvalue weighted by molar-refractivity contribution is 5.67. The summed E-state index contributed by atoms with van der Waals surface area (Å²) in [6, 6.07) is 8.30. The highest BCUT2D eigenvalue weighted by Crippen LogP contribution is 2.30. The fourth-order valence-electron chi connectivity index (χ4n) is 2.59. The van der Waals surface area contributed by atoms with Gasteiger partial charge in [-0.25, -0.2) is 15.8 Å². The zero-order valence-corrected chi connectivity index (χ0v) is 11.8. The van der Waals surface area contributed by atoms with Crippen molar-refractivity contribution >= 4 is 11.5 Å². The Kier molecular flexibility index (Phi) is 3.28. The van der Waals surface area contributed by atoms with E-state index in [2.05, 4.69) is 52.5 Å². The van der Waals surface area contributed by atoms with Crippen molar-refractivity contribution in [2.24, 2.45) is 5.84 Å². The predicted molar refractivity (Wildman–Crippen MR) is 81.6 cm³/mol. The molecule has 0 saturated heterocycles. The number of rotatable bonds is 3. The van der Waals surface area contributed by atoms with Gasteiger partial charge in [0, 0.05) is 36.6 Å². The average molecular weight is 269 g/mol. The minimum absolute atomic E-state index is 0.657. The SMILES string of the molecule is CCc1cc(NN)nc(-c2ccc3c(c2)CCN3C)n1. The molecule has 1 aromatic carbocycles. The van der Waals surface area contributed by atoms with Gasteiger partial charge >= 0.3 is 0 Å². The van der Waals surface area contributed by atoms with Gasteiger partial charge in [-0.15, -0.1) is 0 Å². The second-order valence-corrected chi connectivity index (χ2v) is 5.08. The number of nitrogens with zero attached hydrogens (tertiary/aromatic N) is 3. The fraction of sp³-hybridized carbons (Fsp3) is 0.333. The zero-order valence-electron chi connectivity index (χ0n) is 11.8. The number of hydrogen-bond donors (Lipinski definition) is 2. The first kappa shape index (κ1) is 12.9. The van der Waals surface area contributed by atoms with Crippen LogP contribution in [0.15, 0.2) is 24.3 Å². The highest BCUT2D eigenvalue weighted by Gasteiger charge is 2.17. The van der Waals surface area contributed by atoms with Gasteiger partial charge in [0.05, 0.1) is 0 Å². The molecular formula is C15H19N5. The van der Waals surface area contributed by atoms with Gasteiger partial charge in [-0.1, -0.05) is 6.92 Å². The summed E-state index contributed by atoms with van der Waals surface area (Å²) in [6.45, 7) is 3.15. The maximum absolute atomic E-state index is 5.48. The van der Waals surface area contributed by atoms with Gasteiger partial charge in [0.1, 0.15) is 5.82 Å². The number of likely N-dealkylation sites (N-methyl/N-ethyl adjacent to an activating group) is 1. The molecule has 5 heteroatoms. The number of anilines is 2. The predicted octanol–water partition coefficient (Wildman–Crippen LogP) is 1.98. The lowest BCUT2D eigenvalue weighted by atomic mass is 10.1. The average Bonchev–Trinajstić information content (AvgIpc) is 2.87. The van der Waals surface area contributed by atoms with Crippen molar-refractivity contribution < 1.29 is 0 Å². The van der Waals surface area contributed by atoms with Crippen molar-refractivity contribution in [2.75, 3.05) is 23.9 Å². The molecule has 0 saturated carbocycles. The van der Waals surface area contributed by atoms with Crippen molar-refractivity contribution in [3.8, 4) is 11.4 Å². The summed E-state index contributed by atoms with van der Waals surface area (Å²) in [5.41, 5.74) is 7.31. The molecule has 3 rings (SSSR count). The number of aromatic nitrogens is 2. The summed E-state index contributed by atoms with van der Waals surface area (Å²) in [6.07, 6.45) is 1.94. The van der Waals surface area contributed by atoms with Gasteiger partial charge in [0.25, 0.3) is 0 Å². The molecule has 0 amide bonds. The monoisotopic (exact) mass is 269 g/mol. The van der Waals surface area contributed by atoms with Crippen molar-refractivity contribution in [1.82, 2.24) is 9.97 Å². The number of nitrogens with two attached hydrogens (primary N) is 1. The second kappa shape index (κ2) is 5.09. The molecule has 0 radical (unpaired) electrons. The molecule has 2 heterocycles. The molecule has 3 N–H and O–H groups in total. The molecule has 0 fully saturated rings. The van der Waals surface area contributed by atoms with Crippen LogP contribution in [0.1, 0.15) is 18.2 Å². The van der Waals surface area contributed by atoms with E-state index in [9.17, 15) is 0 Å². The molecule has 0 atom stereocenters. The van der Waals surface area contributed by atoms with E-state index in [1.165, 1.54) is 11.3 Å². The number of benzene rings is 1. The van der Waals surface area contributed by atoms with E-state index in [0.29, 0.717) is 5.82 Å². The summed E-state index contributed by atoms with van der Waals surface area (Å²) in [4.78, 5) is 11.3. The van der Waals surface area contributed by atoms with Crippen LogP contribution < -0.4 is 16.2 Å². The molecule has 0 spiro atoms. The smallest absolute Gasteiger partial charge is 0.161 e. The normalized spacial score (nSPS) is 13.4. The molecule has 2 aromatic rings. The molecule has 5 nitrogen and oxygen atoms in total. The van der Waals surface area contributed by atoms with Crippen molar-refractivity contribution in [2.45, 2.75) is 19.8 Å². The Balaban J connectivity index is 2.05. The maximum Gasteiger partial charge on any atom is 0.161 e. The Bertz CT molecular complexity index is 616. The Morgan fingerprint density at radius 2 is 2.15 bits per heavy atom. The standard InChI is InChI=1S/C15H19N5/c1-3-12-9-14(19-16)18-15(17-12)11-4-5-13-10(8-11)6-7-20(13)2/h4-5,8-9H,3,6-7,16H2,1-2H3,(H,17,18,19). The number of fused-ring (bicyclic) bond motifs is 1. The summed E-state index contributed by atoms with van der Waals surface area (Å²) < 4.78 is 0. The second-order valence-electron chi connectivity index (χ2n) is 5.08. The summed E-state index contributed by atoms with van der Waals surface area (Å²) in [5, 5.41) is 0. The van der Waals surface area contributed by atoms with Crippen molar-refractivity contribution in [3.63, 3.8) is 0 Å². The first-order valence-corrected chi connectivity index (χ1v) is 6.90. The molecule has 1 aromatic heterocycles. The van der Waals surface area contributed by atoms with E-state index >= 15 is 0 Å². The van der Waals surface area contributed by atoms with Crippen LogP contribution >= 0.6 is 0 Å². The number of hydrazine groups is 1. The first-order valence-electron chi connectivity index (χ1n) is 6.90. The molecule has 0 bridgehead atoms. The lowest BCUT2D eigenvalue weighted by molar-refractivity contribution is 0.956. The molecular weight excluding hydrogens is 250 g/mol. The van der Waals surface area contributed by atoms with E-state index in [-0.39, 0.29) is 0 Å². The van der Waals surface area contributed by atoms with Gasteiger partial charge < -0.3 is 10.3 Å². The Morgan fingerprint density at radius 1 is 1.30 bits per heavy atom. The maximum atomic E-state index is 5.48. The van der Waals surface area contributed by atoms with Gasteiger partial charge in [0.2, 0.25) is 0 Å². The molecule has 104 valence electrons. The molecule has 0 unspecified atom stereocenters. The van der Waals surface area contributed by atoms with Crippen LogP contribution in [0.5, 0.6) is 0 Å². The van der Waals surface area contributed by atoms with Gasteiger partial charge in [-0.2, -0.15) is 0 Å². The van der Waals surface area contributed by atoms with E-state index in [1.54, 1.807) is 0 Å². The van der Waals surface area contributed by atoms with Gasteiger partial charge in [0.15, 0.2) is 5.82 Å². The number of nitrogens with one attached hydrogen (secondary N) is 1. The van der Waals surface area contributed by atoms with Crippen LogP contribution in [0.3, 0.4) is 0 Å². The van der Waals surface area contributed by atoms with Crippen LogP contribution in [0.25, 0.3) is 11.4 Å². The highest BCUT2D eigenvalue weighted by atomic mass is 15.3. The van der Waals surface area contributed by atoms with Crippen LogP contribution in [-0.2, 0) is 12.8 Å². The fourth-order valence-corrected chi connectivity index (χ4v) is 2.59. The lowest BCUT2D eigenvalue weighted by Crippen LogP contribution is -2.12. The zero-order chi connectivity index (χ0) is 14.1. The van der Waals surface area contributed by atoms with Crippen molar-refractivity contribution in [3.05, 3.63) is 35.5 Å². The number of aryl methyl sites for hydroxylation is 1. The van der Waals surface area contributed by atoms with Gasteiger partial charge in [-0.3, -0.25) is 0 Å². The summed E-state index contributed by atoms with van der Waals surface area (Å²) in [5.74, 6) is 6.87. The topological polar surface area (TPSA) is 67.1 Å². The number of hydrogen-bond acceptors (Lipinski definition) is 5. The number of nitrogen functional groups attached to an aromatic ring is 1. The summed E-state index contributed by atoms with van der Waals surface area (Å²) in [7, 11) is 2.12. The Hall–Kier alpha value is -2.14. The van der Waals surface area contributed by atoms with Crippen LogP contribution in [0, 0.1) is 0 Å². The van der Waals surface area contributed by atoms with E-state index in [4.69, 9.17) is 5.84 Å². The Morgan fingerprint density at radius 3 is 2.90 bits per heavy atom.